The second-order valence-electron chi connectivity index (χ2n) is 8.23. The van der Waals surface area contributed by atoms with E-state index in [9.17, 15) is 13.2 Å². The molecule has 1 heterocycles. The maximum atomic E-state index is 12.5. The Morgan fingerprint density at radius 3 is 2.12 bits per heavy atom. The molecule has 0 aliphatic carbocycles. The van der Waals surface area contributed by atoms with Gasteiger partial charge in [-0.15, -0.1) is 0 Å². The van der Waals surface area contributed by atoms with E-state index >= 15 is 0 Å². The van der Waals surface area contributed by atoms with Crippen molar-refractivity contribution in [3.63, 3.8) is 0 Å². The summed E-state index contributed by atoms with van der Waals surface area (Å²) in [6.07, 6.45) is 2.13. The molecule has 3 rings (SSSR count). The topological polar surface area (TPSA) is 110 Å². The molecule has 9 heteroatoms. The Morgan fingerprint density at radius 2 is 1.56 bits per heavy atom. The predicted molar refractivity (Wildman–Crippen MR) is 123 cm³/mol. The smallest absolute Gasteiger partial charge is 0.265 e. The van der Waals surface area contributed by atoms with Gasteiger partial charge in [0.15, 0.2) is 6.10 Å². The fourth-order valence-corrected chi connectivity index (χ4v) is 3.74. The van der Waals surface area contributed by atoms with E-state index in [2.05, 4.69) is 40.8 Å². The second kappa shape index (κ2) is 9.35. The normalized spacial score (nSPS) is 12.6. The molecular formula is C23H26N4O4S. The average Bonchev–Trinajstić information content (AvgIpc) is 2.74. The van der Waals surface area contributed by atoms with E-state index in [1.807, 2.05) is 24.3 Å². The molecule has 0 saturated carbocycles. The maximum absolute atomic E-state index is 12.5. The highest BCUT2D eigenvalue weighted by Gasteiger charge is 2.18. The van der Waals surface area contributed by atoms with Crippen LogP contribution in [-0.2, 0) is 20.2 Å². The summed E-state index contributed by atoms with van der Waals surface area (Å²) >= 11 is 0. The summed E-state index contributed by atoms with van der Waals surface area (Å²) in [5.74, 6) is 0.221. The molecule has 32 heavy (non-hydrogen) atoms. The number of sulfonamides is 1. The van der Waals surface area contributed by atoms with Crippen molar-refractivity contribution in [1.82, 2.24) is 9.97 Å². The number of rotatable bonds is 7. The van der Waals surface area contributed by atoms with E-state index in [1.54, 1.807) is 13.0 Å². The van der Waals surface area contributed by atoms with Gasteiger partial charge in [-0.3, -0.25) is 4.79 Å². The van der Waals surface area contributed by atoms with Crippen LogP contribution in [0.15, 0.2) is 71.9 Å². The van der Waals surface area contributed by atoms with Gasteiger partial charge in [-0.05, 0) is 60.4 Å². The quantitative estimate of drug-likeness (QED) is 0.559. The fourth-order valence-electron chi connectivity index (χ4n) is 2.78. The molecule has 1 atom stereocenters. The molecule has 0 aliphatic heterocycles. The molecule has 2 N–H and O–H groups in total. The summed E-state index contributed by atoms with van der Waals surface area (Å²) in [7, 11) is -3.84. The first-order chi connectivity index (χ1) is 15.0. The van der Waals surface area contributed by atoms with Crippen molar-refractivity contribution in [2.75, 3.05) is 10.0 Å². The molecule has 0 aliphatic rings. The van der Waals surface area contributed by atoms with Gasteiger partial charge in [-0.25, -0.2) is 23.1 Å². The number of carbonyl (C=O) groups is 1. The van der Waals surface area contributed by atoms with Crippen molar-refractivity contribution >= 4 is 27.6 Å². The molecule has 1 amide bonds. The van der Waals surface area contributed by atoms with Crippen molar-refractivity contribution in [2.45, 2.75) is 44.1 Å². The Kier molecular flexibility index (Phi) is 6.78. The van der Waals surface area contributed by atoms with E-state index < -0.39 is 16.1 Å². The lowest BCUT2D eigenvalue weighted by Gasteiger charge is -2.20. The molecule has 0 spiro atoms. The summed E-state index contributed by atoms with van der Waals surface area (Å²) < 4.78 is 32.9. The maximum Gasteiger partial charge on any atom is 0.265 e. The standard InChI is InChI=1S/C23H26N4O4S/c1-16(31-19-10-6-17(7-11-19)23(2,3)4)21(28)26-18-8-12-20(13-9-18)32(29,30)27-22-24-14-5-15-25-22/h5-16H,1-4H3,(H,26,28)(H,24,25,27)/t16-/m0/s1. The monoisotopic (exact) mass is 454 g/mol. The van der Waals surface area contributed by atoms with E-state index in [4.69, 9.17) is 4.74 Å². The third-order valence-electron chi connectivity index (χ3n) is 4.63. The highest BCUT2D eigenvalue weighted by atomic mass is 32.2. The number of nitrogens with zero attached hydrogens (tertiary/aromatic N) is 2. The Labute approximate surface area is 188 Å². The van der Waals surface area contributed by atoms with Crippen molar-refractivity contribution in [2.24, 2.45) is 0 Å². The van der Waals surface area contributed by atoms with Crippen LogP contribution >= 0.6 is 0 Å². The molecule has 3 aromatic rings. The van der Waals surface area contributed by atoms with Gasteiger partial charge in [0.1, 0.15) is 5.75 Å². The fraction of sp³-hybridized carbons (Fsp3) is 0.261. The molecule has 2 aromatic carbocycles. The number of nitrogens with one attached hydrogen (secondary N) is 2. The second-order valence-corrected chi connectivity index (χ2v) is 9.91. The minimum absolute atomic E-state index is 0.0196. The van der Waals surface area contributed by atoms with E-state index in [0.29, 0.717) is 11.4 Å². The summed E-state index contributed by atoms with van der Waals surface area (Å²) in [5, 5.41) is 2.72. The van der Waals surface area contributed by atoms with Crippen molar-refractivity contribution in [3.05, 3.63) is 72.6 Å². The van der Waals surface area contributed by atoms with Crippen LogP contribution < -0.4 is 14.8 Å². The van der Waals surface area contributed by atoms with Crippen LogP contribution in [0.1, 0.15) is 33.3 Å². The Bertz CT molecular complexity index is 1160. The average molecular weight is 455 g/mol. The van der Waals surface area contributed by atoms with Crippen molar-refractivity contribution in [1.29, 1.82) is 0 Å². The van der Waals surface area contributed by atoms with Crippen LogP contribution in [0.2, 0.25) is 0 Å². The molecule has 8 nitrogen and oxygen atoms in total. The third-order valence-corrected chi connectivity index (χ3v) is 5.97. The SMILES string of the molecule is C[C@H](Oc1ccc(C(C)(C)C)cc1)C(=O)Nc1ccc(S(=O)(=O)Nc2ncccn2)cc1. The van der Waals surface area contributed by atoms with Gasteiger partial charge < -0.3 is 10.1 Å². The molecule has 0 radical (unpaired) electrons. The van der Waals surface area contributed by atoms with Gasteiger partial charge in [0.2, 0.25) is 5.95 Å². The number of hydrogen-bond acceptors (Lipinski definition) is 6. The van der Waals surface area contributed by atoms with Crippen LogP contribution in [0.25, 0.3) is 0 Å². The highest BCUT2D eigenvalue weighted by molar-refractivity contribution is 7.92. The zero-order valence-electron chi connectivity index (χ0n) is 18.4. The summed E-state index contributed by atoms with van der Waals surface area (Å²) in [5.41, 5.74) is 1.65. The van der Waals surface area contributed by atoms with Gasteiger partial charge in [0, 0.05) is 18.1 Å². The van der Waals surface area contributed by atoms with Crippen LogP contribution in [0.3, 0.4) is 0 Å². The van der Waals surface area contributed by atoms with Crippen LogP contribution in [-0.4, -0.2) is 30.4 Å². The highest BCUT2D eigenvalue weighted by Crippen LogP contribution is 2.25. The van der Waals surface area contributed by atoms with E-state index in [1.165, 1.54) is 42.2 Å². The number of amides is 1. The zero-order valence-corrected chi connectivity index (χ0v) is 19.2. The first kappa shape index (κ1) is 23.2. The molecule has 1 aromatic heterocycles. The first-order valence-corrected chi connectivity index (χ1v) is 11.5. The Hall–Kier alpha value is -3.46. The summed E-state index contributed by atoms with van der Waals surface area (Å²) in [6, 6.07) is 15.0. The number of anilines is 2. The number of hydrogen-bond donors (Lipinski definition) is 2. The van der Waals surface area contributed by atoms with Crippen LogP contribution in [0.4, 0.5) is 11.6 Å². The minimum Gasteiger partial charge on any atom is -0.481 e. The van der Waals surface area contributed by atoms with Gasteiger partial charge in [0.25, 0.3) is 15.9 Å². The molecule has 168 valence electrons. The summed E-state index contributed by atoms with van der Waals surface area (Å²) in [6.45, 7) is 8.03. The number of ether oxygens (including phenoxy) is 1. The molecule has 0 bridgehead atoms. The lowest BCUT2D eigenvalue weighted by molar-refractivity contribution is -0.122. The molecule has 0 fully saturated rings. The Morgan fingerprint density at radius 1 is 0.969 bits per heavy atom. The minimum atomic E-state index is -3.84. The zero-order chi connectivity index (χ0) is 23.4. The summed E-state index contributed by atoms with van der Waals surface area (Å²) in [4.78, 5) is 20.2. The largest absolute Gasteiger partial charge is 0.481 e. The number of carbonyl (C=O) groups excluding carboxylic acids is 1. The molecule has 0 unspecified atom stereocenters. The first-order valence-electron chi connectivity index (χ1n) is 10.0. The number of aromatic nitrogens is 2. The van der Waals surface area contributed by atoms with Gasteiger partial charge in [0.05, 0.1) is 4.90 Å². The predicted octanol–water partition coefficient (Wildman–Crippen LogP) is 3.98. The molecular weight excluding hydrogens is 428 g/mol. The molecule has 0 saturated heterocycles. The van der Waals surface area contributed by atoms with Gasteiger partial charge in [-0.2, -0.15) is 0 Å². The lowest BCUT2D eigenvalue weighted by Crippen LogP contribution is -2.30. The van der Waals surface area contributed by atoms with Crippen LogP contribution in [0.5, 0.6) is 5.75 Å². The van der Waals surface area contributed by atoms with Gasteiger partial charge >= 0.3 is 0 Å². The van der Waals surface area contributed by atoms with Gasteiger partial charge in [-0.1, -0.05) is 32.9 Å². The Balaban J connectivity index is 1.60. The van der Waals surface area contributed by atoms with E-state index in [-0.39, 0.29) is 22.2 Å². The lowest BCUT2D eigenvalue weighted by atomic mass is 9.87. The van der Waals surface area contributed by atoms with Crippen molar-refractivity contribution in [3.8, 4) is 5.75 Å². The number of benzene rings is 2. The van der Waals surface area contributed by atoms with Crippen molar-refractivity contribution < 1.29 is 17.9 Å². The third kappa shape index (κ3) is 6.04. The van der Waals surface area contributed by atoms with Crippen LogP contribution in [0, 0.1) is 0 Å². The van der Waals surface area contributed by atoms with E-state index in [0.717, 1.165) is 0 Å².